The molecule has 3 heterocycles. The van der Waals surface area contributed by atoms with Crippen LogP contribution >= 0.6 is 11.3 Å². The summed E-state index contributed by atoms with van der Waals surface area (Å²) in [6, 6.07) is 1.87. The van der Waals surface area contributed by atoms with Crippen molar-refractivity contribution >= 4 is 17.2 Å². The number of hydrogen-bond acceptors (Lipinski definition) is 6. The molecule has 1 aliphatic rings. The third kappa shape index (κ3) is 3.48. The number of piperidine rings is 1. The van der Waals surface area contributed by atoms with E-state index in [2.05, 4.69) is 10.1 Å². The topological polar surface area (TPSA) is 68.5 Å². The van der Waals surface area contributed by atoms with Gasteiger partial charge in [0.15, 0.2) is 5.82 Å². The fourth-order valence-corrected chi connectivity index (χ4v) is 3.01. The molecule has 0 atom stereocenters. The maximum Gasteiger partial charge on any atom is 0.254 e. The van der Waals surface area contributed by atoms with E-state index in [0.29, 0.717) is 18.3 Å². The van der Waals surface area contributed by atoms with E-state index < -0.39 is 0 Å². The molecular formula is C14H17N3O3S. The second-order valence-electron chi connectivity index (χ2n) is 5.05. The molecular weight excluding hydrogens is 290 g/mol. The maximum atomic E-state index is 12.2. The Balaban J connectivity index is 1.45. The summed E-state index contributed by atoms with van der Waals surface area (Å²) in [6.07, 6.45) is 1.81. The van der Waals surface area contributed by atoms with Crippen molar-refractivity contribution < 1.29 is 14.1 Å². The van der Waals surface area contributed by atoms with Gasteiger partial charge in [-0.15, -0.1) is 0 Å². The monoisotopic (exact) mass is 307 g/mol. The van der Waals surface area contributed by atoms with Crippen LogP contribution in [0.5, 0.6) is 0 Å². The second-order valence-corrected chi connectivity index (χ2v) is 5.83. The molecule has 0 N–H and O–H groups in total. The molecule has 2 aromatic heterocycles. The average molecular weight is 307 g/mol. The lowest BCUT2D eigenvalue weighted by Gasteiger charge is -2.31. The summed E-state index contributed by atoms with van der Waals surface area (Å²) in [5.74, 6) is 1.23. The Morgan fingerprint density at radius 2 is 2.33 bits per heavy atom. The SMILES string of the molecule is Cc1noc(COC2CCN(C(=O)c3ccsc3)CC2)n1. The van der Waals surface area contributed by atoms with Gasteiger partial charge in [0.2, 0.25) is 0 Å². The molecule has 7 heteroatoms. The standard InChI is InChI=1S/C14H17N3O3S/c1-10-15-13(20-16-10)8-19-12-2-5-17(6-3-12)14(18)11-4-7-21-9-11/h4,7,9,12H,2-3,5-6,8H2,1H3. The van der Waals surface area contributed by atoms with Gasteiger partial charge in [-0.1, -0.05) is 5.16 Å². The predicted octanol–water partition coefficient (Wildman–Crippen LogP) is 2.26. The van der Waals surface area contributed by atoms with Crippen molar-refractivity contribution in [3.05, 3.63) is 34.1 Å². The van der Waals surface area contributed by atoms with Gasteiger partial charge in [-0.05, 0) is 31.2 Å². The van der Waals surface area contributed by atoms with E-state index in [1.807, 2.05) is 21.7 Å². The highest BCUT2D eigenvalue weighted by Gasteiger charge is 2.24. The van der Waals surface area contributed by atoms with E-state index in [4.69, 9.17) is 9.26 Å². The minimum absolute atomic E-state index is 0.113. The minimum atomic E-state index is 0.113. The number of nitrogens with zero attached hydrogens (tertiary/aromatic N) is 3. The molecule has 1 fully saturated rings. The number of ether oxygens (including phenoxy) is 1. The quantitative estimate of drug-likeness (QED) is 0.866. The fraction of sp³-hybridized carbons (Fsp3) is 0.500. The lowest BCUT2D eigenvalue weighted by Crippen LogP contribution is -2.40. The van der Waals surface area contributed by atoms with Gasteiger partial charge in [-0.3, -0.25) is 4.79 Å². The first-order chi connectivity index (χ1) is 10.2. The third-order valence-corrected chi connectivity index (χ3v) is 4.19. The number of rotatable bonds is 4. The normalized spacial score (nSPS) is 16.3. The van der Waals surface area contributed by atoms with Crippen LogP contribution in [0.3, 0.4) is 0 Å². The molecule has 21 heavy (non-hydrogen) atoms. The third-order valence-electron chi connectivity index (χ3n) is 3.51. The number of carbonyl (C=O) groups is 1. The van der Waals surface area contributed by atoms with E-state index in [0.717, 1.165) is 31.5 Å². The maximum absolute atomic E-state index is 12.2. The van der Waals surface area contributed by atoms with Crippen molar-refractivity contribution in [3.8, 4) is 0 Å². The van der Waals surface area contributed by atoms with Crippen LogP contribution < -0.4 is 0 Å². The molecule has 2 aromatic rings. The van der Waals surface area contributed by atoms with Crippen molar-refractivity contribution in [2.24, 2.45) is 0 Å². The van der Waals surface area contributed by atoms with E-state index in [9.17, 15) is 4.79 Å². The molecule has 0 saturated carbocycles. The molecule has 1 saturated heterocycles. The van der Waals surface area contributed by atoms with Gasteiger partial charge in [0.1, 0.15) is 6.61 Å². The molecule has 0 bridgehead atoms. The smallest absolute Gasteiger partial charge is 0.254 e. The van der Waals surface area contributed by atoms with Gasteiger partial charge < -0.3 is 14.2 Å². The van der Waals surface area contributed by atoms with Crippen LogP contribution in [0.15, 0.2) is 21.3 Å². The highest BCUT2D eigenvalue weighted by molar-refractivity contribution is 7.08. The first-order valence-electron chi connectivity index (χ1n) is 6.94. The lowest BCUT2D eigenvalue weighted by molar-refractivity contribution is -0.00977. The predicted molar refractivity (Wildman–Crippen MR) is 77.1 cm³/mol. The molecule has 6 nitrogen and oxygen atoms in total. The summed E-state index contributed by atoms with van der Waals surface area (Å²) in [4.78, 5) is 18.2. The summed E-state index contributed by atoms with van der Waals surface area (Å²) in [5.41, 5.74) is 0.778. The van der Waals surface area contributed by atoms with Gasteiger partial charge in [0.05, 0.1) is 11.7 Å². The van der Waals surface area contributed by atoms with Gasteiger partial charge in [-0.25, -0.2) is 0 Å². The number of amides is 1. The molecule has 0 spiro atoms. The number of likely N-dealkylation sites (tertiary alicyclic amines) is 1. The fourth-order valence-electron chi connectivity index (χ4n) is 2.38. The van der Waals surface area contributed by atoms with E-state index >= 15 is 0 Å². The number of aryl methyl sites for hydroxylation is 1. The summed E-state index contributed by atoms with van der Waals surface area (Å²) in [6.45, 7) is 3.57. The van der Waals surface area contributed by atoms with Crippen LogP contribution in [0.1, 0.15) is 34.9 Å². The highest BCUT2D eigenvalue weighted by Crippen LogP contribution is 2.18. The minimum Gasteiger partial charge on any atom is -0.368 e. The Morgan fingerprint density at radius 3 is 2.95 bits per heavy atom. The molecule has 0 aromatic carbocycles. The van der Waals surface area contributed by atoms with Crippen LogP contribution in [0, 0.1) is 6.92 Å². The van der Waals surface area contributed by atoms with Crippen molar-refractivity contribution in [1.82, 2.24) is 15.0 Å². The highest BCUT2D eigenvalue weighted by atomic mass is 32.1. The molecule has 1 aliphatic heterocycles. The average Bonchev–Trinajstić information content (AvgIpc) is 3.16. The molecule has 3 rings (SSSR count). The zero-order chi connectivity index (χ0) is 14.7. The largest absolute Gasteiger partial charge is 0.368 e. The van der Waals surface area contributed by atoms with Crippen molar-refractivity contribution in [3.63, 3.8) is 0 Å². The second kappa shape index (κ2) is 6.36. The molecule has 0 aliphatic carbocycles. The molecule has 0 radical (unpaired) electrons. The van der Waals surface area contributed by atoms with E-state index in [1.165, 1.54) is 0 Å². The summed E-state index contributed by atoms with van der Waals surface area (Å²) >= 11 is 1.54. The van der Waals surface area contributed by atoms with Crippen LogP contribution in [-0.4, -0.2) is 40.1 Å². The lowest BCUT2D eigenvalue weighted by atomic mass is 10.1. The summed E-state index contributed by atoms with van der Waals surface area (Å²) in [5, 5.41) is 7.54. The molecule has 112 valence electrons. The first-order valence-corrected chi connectivity index (χ1v) is 7.89. The van der Waals surface area contributed by atoms with Crippen LogP contribution in [0.4, 0.5) is 0 Å². The first kappa shape index (κ1) is 14.2. The molecule has 1 amide bonds. The van der Waals surface area contributed by atoms with Gasteiger partial charge >= 0.3 is 0 Å². The van der Waals surface area contributed by atoms with Crippen LogP contribution in [0.25, 0.3) is 0 Å². The summed E-state index contributed by atoms with van der Waals surface area (Å²) in [7, 11) is 0. The van der Waals surface area contributed by atoms with Crippen LogP contribution in [0.2, 0.25) is 0 Å². The number of carbonyl (C=O) groups excluding carboxylic acids is 1. The number of hydrogen-bond donors (Lipinski definition) is 0. The summed E-state index contributed by atoms with van der Waals surface area (Å²) < 4.78 is 10.8. The van der Waals surface area contributed by atoms with E-state index in [1.54, 1.807) is 18.3 Å². The van der Waals surface area contributed by atoms with E-state index in [-0.39, 0.29) is 12.0 Å². The Labute approximate surface area is 126 Å². The number of thiophene rings is 1. The van der Waals surface area contributed by atoms with Crippen molar-refractivity contribution in [2.75, 3.05) is 13.1 Å². The Bertz CT molecular complexity index is 588. The Hall–Kier alpha value is -1.73. The Morgan fingerprint density at radius 1 is 1.52 bits per heavy atom. The van der Waals surface area contributed by atoms with Crippen molar-refractivity contribution in [1.29, 1.82) is 0 Å². The van der Waals surface area contributed by atoms with Crippen molar-refractivity contribution in [2.45, 2.75) is 32.5 Å². The zero-order valence-electron chi connectivity index (χ0n) is 11.8. The van der Waals surface area contributed by atoms with Gasteiger partial charge in [0.25, 0.3) is 11.8 Å². The molecule has 0 unspecified atom stereocenters. The Kier molecular flexibility index (Phi) is 4.31. The number of aromatic nitrogens is 2. The van der Waals surface area contributed by atoms with Crippen LogP contribution in [-0.2, 0) is 11.3 Å². The van der Waals surface area contributed by atoms with Gasteiger partial charge in [0, 0.05) is 18.5 Å². The zero-order valence-corrected chi connectivity index (χ0v) is 12.6. The van der Waals surface area contributed by atoms with Gasteiger partial charge in [-0.2, -0.15) is 16.3 Å².